The van der Waals surface area contributed by atoms with E-state index >= 15 is 0 Å². The number of anilines is 1. The molecule has 0 saturated heterocycles. The number of nitrogens with one attached hydrogen (secondary N) is 1. The van der Waals surface area contributed by atoms with Crippen LogP contribution in [0.4, 0.5) is 5.69 Å². The summed E-state index contributed by atoms with van der Waals surface area (Å²) in [7, 11) is -2.41. The lowest BCUT2D eigenvalue weighted by Gasteiger charge is -2.12. The Bertz CT molecular complexity index is 750. The van der Waals surface area contributed by atoms with Crippen LogP contribution in [0.15, 0.2) is 40.0 Å². The van der Waals surface area contributed by atoms with Gasteiger partial charge in [0.05, 0.1) is 31.8 Å². The van der Waals surface area contributed by atoms with E-state index in [1.54, 1.807) is 19.1 Å². The third-order valence-corrected chi connectivity index (χ3v) is 4.45. The van der Waals surface area contributed by atoms with Gasteiger partial charge in [0, 0.05) is 4.47 Å². The van der Waals surface area contributed by atoms with E-state index in [1.807, 2.05) is 0 Å². The first-order chi connectivity index (χ1) is 10.5. The first-order valence-electron chi connectivity index (χ1n) is 6.27. The van der Waals surface area contributed by atoms with Crippen LogP contribution >= 0.6 is 15.9 Å². The smallest absolute Gasteiger partial charge is 0.316 e. The van der Waals surface area contributed by atoms with Crippen molar-refractivity contribution in [1.29, 1.82) is 0 Å². The molecule has 1 aromatic heterocycles. The molecule has 118 valence electrons. The van der Waals surface area contributed by atoms with Crippen LogP contribution < -0.4 is 14.2 Å². The van der Waals surface area contributed by atoms with E-state index in [9.17, 15) is 8.42 Å². The highest BCUT2D eigenvalue weighted by atomic mass is 79.9. The fourth-order valence-corrected chi connectivity index (χ4v) is 3.36. The van der Waals surface area contributed by atoms with Crippen molar-refractivity contribution in [1.82, 2.24) is 9.97 Å². The Labute approximate surface area is 136 Å². The minimum atomic E-state index is -3.83. The molecule has 1 N–H and O–H groups in total. The van der Waals surface area contributed by atoms with Crippen LogP contribution in [0.3, 0.4) is 0 Å². The van der Waals surface area contributed by atoms with Gasteiger partial charge in [-0.1, -0.05) is 15.9 Å². The second-order valence-corrected chi connectivity index (χ2v) is 6.65. The summed E-state index contributed by atoms with van der Waals surface area (Å²) in [6.07, 6.45) is 2.64. The van der Waals surface area contributed by atoms with E-state index in [0.29, 0.717) is 11.1 Å². The van der Waals surface area contributed by atoms with Crippen molar-refractivity contribution in [3.05, 3.63) is 35.1 Å². The van der Waals surface area contributed by atoms with Gasteiger partial charge in [0.1, 0.15) is 10.6 Å². The van der Waals surface area contributed by atoms with Crippen molar-refractivity contribution in [3.63, 3.8) is 0 Å². The largest absolute Gasteiger partial charge is 0.492 e. The van der Waals surface area contributed by atoms with Crippen molar-refractivity contribution >= 4 is 31.6 Å². The minimum Gasteiger partial charge on any atom is -0.492 e. The molecule has 0 saturated carbocycles. The fraction of sp³-hybridized carbons (Fsp3) is 0.231. The molecule has 0 amide bonds. The van der Waals surface area contributed by atoms with Gasteiger partial charge < -0.3 is 9.47 Å². The summed E-state index contributed by atoms with van der Waals surface area (Å²) in [6, 6.07) is 4.92. The van der Waals surface area contributed by atoms with E-state index in [2.05, 4.69) is 30.6 Å². The van der Waals surface area contributed by atoms with Crippen LogP contribution in [-0.2, 0) is 10.0 Å². The average Bonchev–Trinajstić information content (AvgIpc) is 2.49. The molecule has 0 aliphatic rings. The summed E-state index contributed by atoms with van der Waals surface area (Å²) in [4.78, 5) is 7.73. The molecule has 7 nitrogen and oxygen atoms in total. The van der Waals surface area contributed by atoms with Crippen LogP contribution in [0.2, 0.25) is 0 Å². The SMILES string of the molecule is CCOc1ccc(Br)cc1S(=O)(=O)Nc1cnc(OC)nc1. The Morgan fingerprint density at radius 2 is 1.95 bits per heavy atom. The molecule has 1 heterocycles. The highest BCUT2D eigenvalue weighted by Crippen LogP contribution is 2.29. The summed E-state index contributed by atoms with van der Waals surface area (Å²) in [6.45, 7) is 2.14. The topological polar surface area (TPSA) is 90.4 Å². The Morgan fingerprint density at radius 3 is 2.55 bits per heavy atom. The first kappa shape index (κ1) is 16.5. The molecule has 2 rings (SSSR count). The fourth-order valence-electron chi connectivity index (χ4n) is 1.65. The molecule has 0 fully saturated rings. The monoisotopic (exact) mass is 387 g/mol. The molecule has 22 heavy (non-hydrogen) atoms. The Kier molecular flexibility index (Phi) is 5.19. The maximum atomic E-state index is 12.5. The van der Waals surface area contributed by atoms with Crippen LogP contribution in [0, 0.1) is 0 Å². The summed E-state index contributed by atoms with van der Waals surface area (Å²) in [5.41, 5.74) is 0.225. The minimum absolute atomic E-state index is 0.0274. The van der Waals surface area contributed by atoms with Gasteiger partial charge in [0.25, 0.3) is 10.0 Å². The van der Waals surface area contributed by atoms with Gasteiger partial charge in [-0.05, 0) is 25.1 Å². The third kappa shape index (κ3) is 3.86. The quantitative estimate of drug-likeness (QED) is 0.818. The summed E-state index contributed by atoms with van der Waals surface area (Å²) in [5.74, 6) is 0.271. The molecular formula is C13H14BrN3O4S. The van der Waals surface area contributed by atoms with Crippen molar-refractivity contribution in [3.8, 4) is 11.8 Å². The molecule has 0 bridgehead atoms. The molecule has 9 heteroatoms. The predicted molar refractivity (Wildman–Crippen MR) is 84.7 cm³/mol. The molecule has 2 aromatic rings. The van der Waals surface area contributed by atoms with E-state index < -0.39 is 10.0 Å². The van der Waals surface area contributed by atoms with Gasteiger partial charge in [-0.25, -0.2) is 18.4 Å². The number of benzene rings is 1. The third-order valence-electron chi connectivity index (χ3n) is 2.56. The van der Waals surface area contributed by atoms with E-state index in [1.165, 1.54) is 25.6 Å². The van der Waals surface area contributed by atoms with Crippen LogP contribution in [0.5, 0.6) is 11.8 Å². The van der Waals surface area contributed by atoms with Crippen molar-refractivity contribution in [2.24, 2.45) is 0 Å². The zero-order valence-corrected chi connectivity index (χ0v) is 14.3. The lowest BCUT2D eigenvalue weighted by atomic mass is 10.3. The zero-order valence-electron chi connectivity index (χ0n) is 11.9. The average molecular weight is 388 g/mol. The molecule has 0 radical (unpaired) electrons. The number of hydrogen-bond donors (Lipinski definition) is 1. The second kappa shape index (κ2) is 6.93. The number of aromatic nitrogens is 2. The highest BCUT2D eigenvalue weighted by Gasteiger charge is 2.20. The van der Waals surface area contributed by atoms with Crippen LogP contribution in [0.25, 0.3) is 0 Å². The number of ether oxygens (including phenoxy) is 2. The molecule has 0 aliphatic heterocycles. The standard InChI is InChI=1S/C13H14BrN3O4S/c1-3-21-11-5-4-9(14)6-12(11)22(18,19)17-10-7-15-13(20-2)16-8-10/h4-8,17H,3H2,1-2H3. The van der Waals surface area contributed by atoms with Crippen molar-refractivity contribution < 1.29 is 17.9 Å². The Balaban J connectivity index is 2.35. The first-order valence-corrected chi connectivity index (χ1v) is 8.55. The van der Waals surface area contributed by atoms with E-state index in [0.717, 1.165) is 0 Å². The number of hydrogen-bond acceptors (Lipinski definition) is 6. The van der Waals surface area contributed by atoms with Gasteiger partial charge in [-0.3, -0.25) is 4.72 Å². The number of methoxy groups -OCH3 is 1. The predicted octanol–water partition coefficient (Wildman–Crippen LogP) is 2.45. The maximum Gasteiger partial charge on any atom is 0.316 e. The molecule has 0 aliphatic carbocycles. The normalized spacial score (nSPS) is 11.0. The van der Waals surface area contributed by atoms with Crippen molar-refractivity contribution in [2.45, 2.75) is 11.8 Å². The van der Waals surface area contributed by atoms with Gasteiger partial charge in [0.2, 0.25) is 0 Å². The Hall–Kier alpha value is -1.87. The van der Waals surface area contributed by atoms with Crippen molar-refractivity contribution in [2.75, 3.05) is 18.4 Å². The summed E-state index contributed by atoms with van der Waals surface area (Å²) < 4.78 is 38.2. The summed E-state index contributed by atoms with van der Waals surface area (Å²) >= 11 is 3.26. The Morgan fingerprint density at radius 1 is 1.27 bits per heavy atom. The molecule has 1 aromatic carbocycles. The lowest BCUT2D eigenvalue weighted by Crippen LogP contribution is -2.15. The van der Waals surface area contributed by atoms with Gasteiger partial charge >= 0.3 is 6.01 Å². The number of nitrogens with zero attached hydrogens (tertiary/aromatic N) is 2. The van der Waals surface area contributed by atoms with Gasteiger partial charge in [-0.2, -0.15) is 0 Å². The molecule has 0 spiro atoms. The van der Waals surface area contributed by atoms with E-state index in [4.69, 9.17) is 9.47 Å². The molecule has 0 atom stereocenters. The maximum absolute atomic E-state index is 12.5. The van der Waals surface area contributed by atoms with Crippen LogP contribution in [0.1, 0.15) is 6.92 Å². The zero-order chi connectivity index (χ0) is 16.2. The highest BCUT2D eigenvalue weighted by molar-refractivity contribution is 9.10. The van der Waals surface area contributed by atoms with Gasteiger partial charge in [-0.15, -0.1) is 0 Å². The van der Waals surface area contributed by atoms with Gasteiger partial charge in [0.15, 0.2) is 0 Å². The summed E-state index contributed by atoms with van der Waals surface area (Å²) in [5, 5.41) is 0. The molecule has 0 unspecified atom stereocenters. The second-order valence-electron chi connectivity index (χ2n) is 4.09. The number of rotatable bonds is 6. The number of sulfonamides is 1. The van der Waals surface area contributed by atoms with Crippen LogP contribution in [-0.4, -0.2) is 32.1 Å². The van der Waals surface area contributed by atoms with E-state index in [-0.39, 0.29) is 22.3 Å². The number of halogens is 1. The lowest BCUT2D eigenvalue weighted by molar-refractivity contribution is 0.331. The molecular weight excluding hydrogens is 374 g/mol.